The second-order valence-electron chi connectivity index (χ2n) is 5.95. The van der Waals surface area contributed by atoms with E-state index in [1.807, 2.05) is 45.0 Å². The number of carbonyl (C=O) groups is 1. The molecule has 1 saturated heterocycles. The zero-order chi connectivity index (χ0) is 16.1. The third kappa shape index (κ3) is 4.45. The van der Waals surface area contributed by atoms with Crippen LogP contribution >= 0.6 is 0 Å². The highest BCUT2D eigenvalue weighted by Crippen LogP contribution is 2.14. The number of amides is 1. The van der Waals surface area contributed by atoms with Crippen molar-refractivity contribution >= 4 is 5.91 Å². The molecule has 0 saturated carbocycles. The number of morpholine rings is 1. The van der Waals surface area contributed by atoms with Gasteiger partial charge in [0.05, 0.1) is 25.4 Å². The van der Waals surface area contributed by atoms with E-state index >= 15 is 0 Å². The molecule has 0 bridgehead atoms. The summed E-state index contributed by atoms with van der Waals surface area (Å²) >= 11 is 0. The molecule has 1 aliphatic rings. The van der Waals surface area contributed by atoms with Crippen molar-refractivity contribution in [2.45, 2.75) is 45.6 Å². The molecule has 1 aromatic carbocycles. The van der Waals surface area contributed by atoms with Crippen LogP contribution in [0.1, 0.15) is 26.3 Å². The van der Waals surface area contributed by atoms with Crippen LogP contribution in [0.5, 0.6) is 5.75 Å². The van der Waals surface area contributed by atoms with Crippen molar-refractivity contribution in [3.63, 3.8) is 0 Å². The number of methoxy groups -OCH3 is 1. The van der Waals surface area contributed by atoms with Crippen LogP contribution in [-0.2, 0) is 16.1 Å². The molecule has 2 rings (SSSR count). The summed E-state index contributed by atoms with van der Waals surface area (Å²) in [7, 11) is 1.64. The average Bonchev–Trinajstić information content (AvgIpc) is 2.51. The fourth-order valence-electron chi connectivity index (χ4n) is 2.78. The molecule has 0 aliphatic carbocycles. The monoisotopic (exact) mass is 306 g/mol. The van der Waals surface area contributed by atoms with Crippen LogP contribution in [0.15, 0.2) is 24.3 Å². The standard InChI is InChI=1S/C17H26N2O3/c1-12-10-19(11-13(2)22-12)14(3)17(20)18-9-15-5-7-16(21-4)8-6-15/h5-8,12-14H,9-11H2,1-4H3,(H,18,20). The first-order valence-electron chi connectivity index (χ1n) is 7.79. The third-order valence-corrected chi connectivity index (χ3v) is 4.00. The SMILES string of the molecule is COc1ccc(CNC(=O)C(C)N2CC(C)OC(C)C2)cc1. The summed E-state index contributed by atoms with van der Waals surface area (Å²) in [4.78, 5) is 14.5. The molecule has 1 heterocycles. The first kappa shape index (κ1) is 16.8. The number of nitrogens with zero attached hydrogens (tertiary/aromatic N) is 1. The molecule has 5 nitrogen and oxygen atoms in total. The summed E-state index contributed by atoms with van der Waals surface area (Å²) in [6, 6.07) is 7.57. The molecule has 1 aliphatic heterocycles. The molecule has 122 valence electrons. The summed E-state index contributed by atoms with van der Waals surface area (Å²) < 4.78 is 10.8. The summed E-state index contributed by atoms with van der Waals surface area (Å²) in [5.74, 6) is 0.872. The van der Waals surface area contributed by atoms with Gasteiger partial charge >= 0.3 is 0 Å². The van der Waals surface area contributed by atoms with Gasteiger partial charge in [-0.25, -0.2) is 0 Å². The minimum absolute atomic E-state index is 0.0529. The van der Waals surface area contributed by atoms with Gasteiger partial charge in [0.25, 0.3) is 0 Å². The zero-order valence-corrected chi connectivity index (χ0v) is 13.8. The number of hydrogen-bond donors (Lipinski definition) is 1. The maximum Gasteiger partial charge on any atom is 0.237 e. The van der Waals surface area contributed by atoms with E-state index in [-0.39, 0.29) is 24.2 Å². The molecule has 1 N–H and O–H groups in total. The number of benzene rings is 1. The van der Waals surface area contributed by atoms with Gasteiger partial charge in [-0.2, -0.15) is 0 Å². The lowest BCUT2D eigenvalue weighted by Gasteiger charge is -2.38. The highest BCUT2D eigenvalue weighted by molar-refractivity contribution is 5.81. The lowest BCUT2D eigenvalue weighted by atomic mass is 10.1. The van der Waals surface area contributed by atoms with E-state index in [2.05, 4.69) is 10.2 Å². The van der Waals surface area contributed by atoms with Crippen LogP contribution in [0.3, 0.4) is 0 Å². The normalized spacial score (nSPS) is 23.8. The van der Waals surface area contributed by atoms with Crippen LogP contribution in [0.25, 0.3) is 0 Å². The first-order chi connectivity index (χ1) is 10.5. The Bertz CT molecular complexity index is 479. The lowest BCUT2D eigenvalue weighted by Crippen LogP contribution is -2.53. The van der Waals surface area contributed by atoms with Crippen LogP contribution in [0.4, 0.5) is 0 Å². The molecule has 1 amide bonds. The molecular weight excluding hydrogens is 280 g/mol. The number of rotatable bonds is 5. The molecule has 0 radical (unpaired) electrons. The van der Waals surface area contributed by atoms with E-state index in [4.69, 9.17) is 9.47 Å². The van der Waals surface area contributed by atoms with Gasteiger partial charge in [0.2, 0.25) is 5.91 Å². The molecule has 3 atom stereocenters. The van der Waals surface area contributed by atoms with Crippen LogP contribution in [0, 0.1) is 0 Å². The van der Waals surface area contributed by atoms with Crippen LogP contribution in [0.2, 0.25) is 0 Å². The smallest absolute Gasteiger partial charge is 0.237 e. The van der Waals surface area contributed by atoms with Gasteiger partial charge in [0, 0.05) is 19.6 Å². The minimum atomic E-state index is -0.146. The molecule has 22 heavy (non-hydrogen) atoms. The predicted octanol–water partition coefficient (Wildman–Crippen LogP) is 1.81. The highest BCUT2D eigenvalue weighted by Gasteiger charge is 2.29. The second-order valence-corrected chi connectivity index (χ2v) is 5.95. The van der Waals surface area contributed by atoms with Crippen LogP contribution < -0.4 is 10.1 Å². The van der Waals surface area contributed by atoms with Gasteiger partial charge in [-0.3, -0.25) is 9.69 Å². The maximum atomic E-state index is 12.3. The number of ether oxygens (including phenoxy) is 2. The first-order valence-corrected chi connectivity index (χ1v) is 7.79. The minimum Gasteiger partial charge on any atom is -0.497 e. The molecule has 3 unspecified atom stereocenters. The molecule has 1 aromatic rings. The summed E-state index contributed by atoms with van der Waals surface area (Å²) in [5.41, 5.74) is 1.06. The fourth-order valence-corrected chi connectivity index (χ4v) is 2.78. The van der Waals surface area contributed by atoms with E-state index in [0.717, 1.165) is 24.4 Å². The van der Waals surface area contributed by atoms with Crippen molar-refractivity contribution in [1.29, 1.82) is 0 Å². The topological polar surface area (TPSA) is 50.8 Å². The summed E-state index contributed by atoms with van der Waals surface area (Å²) in [6.45, 7) is 8.16. The quantitative estimate of drug-likeness (QED) is 0.901. The van der Waals surface area contributed by atoms with E-state index in [1.165, 1.54) is 0 Å². The highest BCUT2D eigenvalue weighted by atomic mass is 16.5. The Morgan fingerprint density at radius 1 is 1.32 bits per heavy atom. The van der Waals surface area contributed by atoms with Crippen molar-refractivity contribution in [3.05, 3.63) is 29.8 Å². The molecule has 1 fully saturated rings. The largest absolute Gasteiger partial charge is 0.497 e. The maximum absolute atomic E-state index is 12.3. The molecule has 5 heteroatoms. The Labute approximate surface area is 132 Å². The Hall–Kier alpha value is -1.59. The van der Waals surface area contributed by atoms with Crippen molar-refractivity contribution in [2.75, 3.05) is 20.2 Å². The lowest BCUT2D eigenvalue weighted by molar-refractivity contribution is -0.131. The van der Waals surface area contributed by atoms with Gasteiger partial charge in [0.15, 0.2) is 0 Å². The van der Waals surface area contributed by atoms with E-state index in [1.54, 1.807) is 7.11 Å². The Morgan fingerprint density at radius 3 is 2.45 bits per heavy atom. The van der Waals surface area contributed by atoms with Gasteiger partial charge in [-0.05, 0) is 38.5 Å². The number of carbonyl (C=O) groups excluding carboxylic acids is 1. The summed E-state index contributed by atoms with van der Waals surface area (Å²) in [6.07, 6.45) is 0.334. The predicted molar refractivity (Wildman–Crippen MR) is 85.9 cm³/mol. The Morgan fingerprint density at radius 2 is 1.91 bits per heavy atom. The van der Waals surface area contributed by atoms with Gasteiger partial charge in [-0.15, -0.1) is 0 Å². The second kappa shape index (κ2) is 7.61. The van der Waals surface area contributed by atoms with E-state index in [0.29, 0.717) is 6.54 Å². The Kier molecular flexibility index (Phi) is 5.80. The third-order valence-electron chi connectivity index (χ3n) is 4.00. The van der Waals surface area contributed by atoms with Gasteiger partial charge < -0.3 is 14.8 Å². The van der Waals surface area contributed by atoms with E-state index in [9.17, 15) is 4.79 Å². The van der Waals surface area contributed by atoms with Gasteiger partial charge in [-0.1, -0.05) is 12.1 Å². The van der Waals surface area contributed by atoms with Crippen LogP contribution in [-0.4, -0.2) is 49.3 Å². The van der Waals surface area contributed by atoms with Crippen molar-refractivity contribution in [1.82, 2.24) is 10.2 Å². The van der Waals surface area contributed by atoms with Crippen molar-refractivity contribution in [2.24, 2.45) is 0 Å². The molecular formula is C17H26N2O3. The zero-order valence-electron chi connectivity index (χ0n) is 13.8. The summed E-state index contributed by atoms with van der Waals surface area (Å²) in [5, 5.41) is 3.00. The van der Waals surface area contributed by atoms with Crippen molar-refractivity contribution in [3.8, 4) is 5.75 Å². The number of nitrogens with one attached hydrogen (secondary N) is 1. The molecule has 0 spiro atoms. The van der Waals surface area contributed by atoms with E-state index < -0.39 is 0 Å². The van der Waals surface area contributed by atoms with Crippen molar-refractivity contribution < 1.29 is 14.3 Å². The average molecular weight is 306 g/mol. The molecule has 0 aromatic heterocycles. The van der Waals surface area contributed by atoms with Gasteiger partial charge in [0.1, 0.15) is 5.75 Å². The number of hydrogen-bond acceptors (Lipinski definition) is 4. The fraction of sp³-hybridized carbons (Fsp3) is 0.588. The Balaban J connectivity index is 1.85.